The molecule has 6 heteroatoms. The van der Waals surface area contributed by atoms with E-state index in [1.807, 2.05) is 0 Å². The number of methoxy groups -OCH3 is 1. The molecule has 0 atom stereocenters. The predicted octanol–water partition coefficient (Wildman–Crippen LogP) is 2.19. The van der Waals surface area contributed by atoms with E-state index in [1.165, 1.54) is 37.7 Å². The van der Waals surface area contributed by atoms with Crippen LogP contribution in [-0.2, 0) is 0 Å². The van der Waals surface area contributed by atoms with Crippen molar-refractivity contribution in [2.24, 2.45) is 0 Å². The first kappa shape index (κ1) is 12.9. The molecule has 0 aliphatic rings. The summed E-state index contributed by atoms with van der Waals surface area (Å²) in [5.74, 6) is -0.629. The topological polar surface area (TPSA) is 64.1 Å². The number of amides is 1. The molecule has 2 rings (SSSR count). The van der Waals surface area contributed by atoms with Gasteiger partial charge in [-0.1, -0.05) is 0 Å². The molecule has 1 N–H and O–H groups in total. The number of benzene rings is 1. The maximum atomic E-state index is 13.0. The second-order valence-corrected chi connectivity index (χ2v) is 3.84. The zero-order valence-corrected chi connectivity index (χ0v) is 10.5. The summed E-state index contributed by atoms with van der Waals surface area (Å²) in [4.78, 5) is 19.9. The van der Waals surface area contributed by atoms with Gasteiger partial charge in [0.25, 0.3) is 5.91 Å². The third kappa shape index (κ3) is 3.04. The Bertz CT molecular complexity index is 599. The molecule has 19 heavy (non-hydrogen) atoms. The Balaban J connectivity index is 2.21. The van der Waals surface area contributed by atoms with E-state index in [2.05, 4.69) is 15.3 Å². The molecular formula is C13H12FN3O2. The SMILES string of the molecule is COc1cc(F)ccc1NC(=O)c1cnc(C)cn1. The van der Waals surface area contributed by atoms with Gasteiger partial charge in [-0.15, -0.1) is 0 Å². The molecule has 1 aromatic heterocycles. The zero-order chi connectivity index (χ0) is 13.8. The number of carbonyl (C=O) groups is 1. The number of rotatable bonds is 3. The van der Waals surface area contributed by atoms with Crippen LogP contribution < -0.4 is 10.1 Å². The van der Waals surface area contributed by atoms with Crippen molar-refractivity contribution < 1.29 is 13.9 Å². The van der Waals surface area contributed by atoms with Crippen molar-refractivity contribution >= 4 is 11.6 Å². The molecule has 0 aliphatic heterocycles. The Morgan fingerprint density at radius 2 is 2.11 bits per heavy atom. The number of aromatic nitrogens is 2. The van der Waals surface area contributed by atoms with Crippen molar-refractivity contribution in [3.63, 3.8) is 0 Å². The van der Waals surface area contributed by atoms with E-state index >= 15 is 0 Å². The number of aryl methyl sites for hydroxylation is 1. The van der Waals surface area contributed by atoms with E-state index in [4.69, 9.17) is 4.74 Å². The number of nitrogens with one attached hydrogen (secondary N) is 1. The molecule has 98 valence electrons. The Morgan fingerprint density at radius 3 is 2.74 bits per heavy atom. The van der Waals surface area contributed by atoms with Crippen LogP contribution in [0.25, 0.3) is 0 Å². The summed E-state index contributed by atoms with van der Waals surface area (Å²) in [5, 5.41) is 2.59. The van der Waals surface area contributed by atoms with Gasteiger partial charge in [-0.05, 0) is 19.1 Å². The summed E-state index contributed by atoms with van der Waals surface area (Å²) in [6.07, 6.45) is 2.87. The van der Waals surface area contributed by atoms with Crippen LogP contribution in [0.5, 0.6) is 5.75 Å². The van der Waals surface area contributed by atoms with Crippen molar-refractivity contribution in [1.82, 2.24) is 9.97 Å². The summed E-state index contributed by atoms with van der Waals surface area (Å²) in [6.45, 7) is 1.78. The average Bonchev–Trinajstić information content (AvgIpc) is 2.41. The lowest BCUT2D eigenvalue weighted by molar-refractivity contribution is 0.102. The summed E-state index contributed by atoms with van der Waals surface area (Å²) in [6, 6.07) is 3.85. The molecule has 1 amide bonds. The minimum absolute atomic E-state index is 0.178. The van der Waals surface area contributed by atoms with Crippen LogP contribution in [0.2, 0.25) is 0 Å². The first-order valence-electron chi connectivity index (χ1n) is 5.53. The molecule has 0 radical (unpaired) electrons. The Morgan fingerprint density at radius 1 is 1.32 bits per heavy atom. The van der Waals surface area contributed by atoms with Gasteiger partial charge in [0, 0.05) is 12.3 Å². The highest BCUT2D eigenvalue weighted by Gasteiger charge is 2.11. The van der Waals surface area contributed by atoms with Gasteiger partial charge in [-0.25, -0.2) is 9.37 Å². The maximum absolute atomic E-state index is 13.0. The van der Waals surface area contributed by atoms with Crippen molar-refractivity contribution in [3.05, 3.63) is 47.8 Å². The molecular weight excluding hydrogens is 249 g/mol. The Hall–Kier alpha value is -2.50. The Kier molecular flexibility index (Phi) is 3.70. The maximum Gasteiger partial charge on any atom is 0.275 e. The summed E-state index contributed by atoms with van der Waals surface area (Å²) in [7, 11) is 1.40. The minimum Gasteiger partial charge on any atom is -0.494 e. The molecule has 0 saturated carbocycles. The Labute approximate surface area is 109 Å². The van der Waals surface area contributed by atoms with Crippen molar-refractivity contribution in [2.45, 2.75) is 6.92 Å². The highest BCUT2D eigenvalue weighted by molar-refractivity contribution is 6.03. The van der Waals surface area contributed by atoms with E-state index < -0.39 is 11.7 Å². The molecule has 0 unspecified atom stereocenters. The lowest BCUT2D eigenvalue weighted by Crippen LogP contribution is -2.14. The van der Waals surface area contributed by atoms with Crippen LogP contribution in [0.1, 0.15) is 16.2 Å². The smallest absolute Gasteiger partial charge is 0.275 e. The number of hydrogen-bond donors (Lipinski definition) is 1. The molecule has 0 spiro atoms. The summed E-state index contributed by atoms with van der Waals surface area (Å²) >= 11 is 0. The third-order valence-electron chi connectivity index (χ3n) is 2.43. The standard InChI is InChI=1S/C13H12FN3O2/c1-8-6-16-11(7-15-8)13(18)17-10-4-3-9(14)5-12(10)19-2/h3-7H,1-2H3,(H,17,18). The highest BCUT2D eigenvalue weighted by Crippen LogP contribution is 2.25. The lowest BCUT2D eigenvalue weighted by atomic mass is 10.2. The molecule has 0 saturated heterocycles. The van der Waals surface area contributed by atoms with Gasteiger partial charge in [0.05, 0.1) is 24.7 Å². The largest absolute Gasteiger partial charge is 0.494 e. The van der Waals surface area contributed by atoms with Gasteiger partial charge in [0.15, 0.2) is 0 Å². The van der Waals surface area contributed by atoms with Crippen LogP contribution in [-0.4, -0.2) is 23.0 Å². The molecule has 2 aromatic rings. The molecule has 0 aliphatic carbocycles. The second kappa shape index (κ2) is 5.43. The second-order valence-electron chi connectivity index (χ2n) is 3.84. The zero-order valence-electron chi connectivity index (χ0n) is 10.5. The highest BCUT2D eigenvalue weighted by atomic mass is 19.1. The van der Waals surface area contributed by atoms with Gasteiger partial charge in [-0.2, -0.15) is 0 Å². The van der Waals surface area contributed by atoms with Gasteiger partial charge in [0.2, 0.25) is 0 Å². The lowest BCUT2D eigenvalue weighted by Gasteiger charge is -2.09. The molecule has 0 bridgehead atoms. The monoisotopic (exact) mass is 261 g/mol. The van der Waals surface area contributed by atoms with E-state index in [1.54, 1.807) is 6.92 Å². The normalized spacial score (nSPS) is 10.1. The van der Waals surface area contributed by atoms with Gasteiger partial charge < -0.3 is 10.1 Å². The fourth-order valence-electron chi connectivity index (χ4n) is 1.46. The van der Waals surface area contributed by atoms with Crippen LogP contribution in [0, 0.1) is 12.7 Å². The van der Waals surface area contributed by atoms with E-state index in [0.29, 0.717) is 5.69 Å². The van der Waals surface area contributed by atoms with Crippen LogP contribution in [0.15, 0.2) is 30.6 Å². The number of hydrogen-bond acceptors (Lipinski definition) is 4. The molecule has 5 nitrogen and oxygen atoms in total. The van der Waals surface area contributed by atoms with Gasteiger partial charge in [-0.3, -0.25) is 9.78 Å². The van der Waals surface area contributed by atoms with E-state index in [0.717, 1.165) is 5.69 Å². The third-order valence-corrected chi connectivity index (χ3v) is 2.43. The van der Waals surface area contributed by atoms with E-state index in [9.17, 15) is 9.18 Å². The van der Waals surface area contributed by atoms with Gasteiger partial charge >= 0.3 is 0 Å². The quantitative estimate of drug-likeness (QED) is 0.919. The fraction of sp³-hybridized carbons (Fsp3) is 0.154. The number of halogens is 1. The first-order valence-corrected chi connectivity index (χ1v) is 5.53. The molecule has 1 aromatic carbocycles. The number of anilines is 1. The van der Waals surface area contributed by atoms with Gasteiger partial charge in [0.1, 0.15) is 17.3 Å². The number of ether oxygens (including phenoxy) is 1. The van der Waals surface area contributed by atoms with Crippen molar-refractivity contribution in [2.75, 3.05) is 12.4 Å². The summed E-state index contributed by atoms with van der Waals surface area (Å²) in [5.41, 5.74) is 1.27. The predicted molar refractivity (Wildman–Crippen MR) is 67.7 cm³/mol. The molecule has 1 heterocycles. The minimum atomic E-state index is -0.440. The number of nitrogens with zero attached hydrogens (tertiary/aromatic N) is 2. The van der Waals surface area contributed by atoms with Crippen LogP contribution in [0.4, 0.5) is 10.1 Å². The van der Waals surface area contributed by atoms with Crippen molar-refractivity contribution in [1.29, 1.82) is 0 Å². The first-order chi connectivity index (χ1) is 9.10. The van der Waals surface area contributed by atoms with Crippen LogP contribution in [0.3, 0.4) is 0 Å². The average molecular weight is 261 g/mol. The van der Waals surface area contributed by atoms with Crippen molar-refractivity contribution in [3.8, 4) is 5.75 Å². The molecule has 0 fully saturated rings. The van der Waals surface area contributed by atoms with E-state index in [-0.39, 0.29) is 11.4 Å². The summed E-state index contributed by atoms with van der Waals surface area (Å²) < 4.78 is 18.0. The fourth-order valence-corrected chi connectivity index (χ4v) is 1.46. The number of carbonyl (C=O) groups excluding carboxylic acids is 1. The van der Waals surface area contributed by atoms with Crippen LogP contribution >= 0.6 is 0 Å².